The molecule has 0 aliphatic carbocycles. The number of imidazole rings is 1. The second kappa shape index (κ2) is 10.1. The zero-order chi connectivity index (χ0) is 23.3. The minimum absolute atomic E-state index is 0.107. The first-order valence-electron chi connectivity index (χ1n) is 10.8. The van der Waals surface area contributed by atoms with E-state index in [4.69, 9.17) is 13.7 Å². The van der Waals surface area contributed by atoms with Gasteiger partial charge in [0, 0.05) is 18.8 Å². The van der Waals surface area contributed by atoms with Crippen molar-refractivity contribution in [1.29, 1.82) is 0 Å². The molecule has 0 saturated carbocycles. The molecular weight excluding hydrogens is 447 g/mol. The quantitative estimate of drug-likeness (QED) is 0.415. The lowest BCUT2D eigenvalue weighted by atomic mass is 10.0. The maximum absolute atomic E-state index is 13.1. The summed E-state index contributed by atoms with van der Waals surface area (Å²) < 4.78 is 57.6. The summed E-state index contributed by atoms with van der Waals surface area (Å²) in [5.41, 5.74) is 1.99. The van der Waals surface area contributed by atoms with Gasteiger partial charge < -0.3 is 14.0 Å². The maximum atomic E-state index is 13.1. The Balaban J connectivity index is 1.38. The van der Waals surface area contributed by atoms with Crippen molar-refractivity contribution in [2.24, 2.45) is 0 Å². The van der Waals surface area contributed by atoms with Crippen LogP contribution in [0.5, 0.6) is 0 Å². The number of benzene rings is 2. The van der Waals surface area contributed by atoms with E-state index in [0.29, 0.717) is 13.0 Å². The van der Waals surface area contributed by atoms with E-state index in [9.17, 15) is 12.8 Å². The molecule has 33 heavy (non-hydrogen) atoms. The Morgan fingerprint density at radius 3 is 2.64 bits per heavy atom. The van der Waals surface area contributed by atoms with Crippen LogP contribution in [-0.4, -0.2) is 43.1 Å². The van der Waals surface area contributed by atoms with Gasteiger partial charge in [-0.15, -0.1) is 0 Å². The summed E-state index contributed by atoms with van der Waals surface area (Å²) in [6, 6.07) is 12.9. The number of halogens is 1. The normalized spacial score (nSPS) is 20.8. The minimum atomic E-state index is -3.89. The van der Waals surface area contributed by atoms with E-state index in [1.165, 1.54) is 24.3 Å². The molecule has 176 valence electrons. The largest absolute Gasteiger partial charge is 0.345 e. The average molecular weight is 475 g/mol. The Morgan fingerprint density at radius 2 is 1.94 bits per heavy atom. The molecule has 1 aromatic heterocycles. The average Bonchev–Trinajstić information content (AvgIpc) is 3.45. The molecule has 9 heteroatoms. The standard InChI is InChI=1S/C24H27FN2O5S/c1-19-4-10-23(11-5-19)33(28,29)31-16-22-15-30-24(32-22,17-27-14-13-26-18-27)12-2-3-20-6-8-21(25)9-7-20/h4-11,13-14,18,22H,2-3,12,15-17H2,1H3. The summed E-state index contributed by atoms with van der Waals surface area (Å²) in [4.78, 5) is 4.18. The zero-order valence-electron chi connectivity index (χ0n) is 18.4. The molecule has 1 aliphatic rings. The lowest BCUT2D eigenvalue weighted by Crippen LogP contribution is -2.37. The van der Waals surface area contributed by atoms with Crippen LogP contribution in [-0.2, 0) is 36.7 Å². The first kappa shape index (κ1) is 23.6. The Labute approximate surface area is 193 Å². The van der Waals surface area contributed by atoms with Crippen LogP contribution in [0.3, 0.4) is 0 Å². The van der Waals surface area contributed by atoms with E-state index in [1.807, 2.05) is 17.7 Å². The molecule has 4 rings (SSSR count). The van der Waals surface area contributed by atoms with Crippen LogP contribution >= 0.6 is 0 Å². The number of aromatic nitrogens is 2. The summed E-state index contributed by atoms with van der Waals surface area (Å²) >= 11 is 0. The van der Waals surface area contributed by atoms with Gasteiger partial charge in [-0.3, -0.25) is 4.18 Å². The third-order valence-corrected chi connectivity index (χ3v) is 6.85. The Bertz CT molecular complexity index is 1130. The van der Waals surface area contributed by atoms with E-state index in [1.54, 1.807) is 36.8 Å². The van der Waals surface area contributed by atoms with Gasteiger partial charge in [0.05, 0.1) is 31.0 Å². The van der Waals surface area contributed by atoms with Gasteiger partial charge in [-0.1, -0.05) is 29.8 Å². The van der Waals surface area contributed by atoms with Crippen molar-refractivity contribution in [3.63, 3.8) is 0 Å². The summed E-state index contributed by atoms with van der Waals surface area (Å²) in [7, 11) is -3.89. The van der Waals surface area contributed by atoms with Gasteiger partial charge >= 0.3 is 0 Å². The summed E-state index contributed by atoms with van der Waals surface area (Å²) in [5, 5.41) is 0. The first-order valence-corrected chi connectivity index (χ1v) is 12.2. The van der Waals surface area contributed by atoms with Crippen molar-refractivity contribution >= 4 is 10.1 Å². The molecule has 2 heterocycles. The highest BCUT2D eigenvalue weighted by molar-refractivity contribution is 7.86. The molecule has 0 N–H and O–H groups in total. The van der Waals surface area contributed by atoms with Crippen LogP contribution in [0.15, 0.2) is 72.1 Å². The van der Waals surface area contributed by atoms with E-state index in [-0.39, 0.29) is 23.9 Å². The molecule has 0 amide bonds. The third kappa shape index (κ3) is 6.26. The molecule has 2 atom stereocenters. The molecule has 0 bridgehead atoms. The van der Waals surface area contributed by atoms with E-state index >= 15 is 0 Å². The predicted molar refractivity (Wildman–Crippen MR) is 119 cm³/mol. The molecule has 7 nitrogen and oxygen atoms in total. The van der Waals surface area contributed by atoms with Crippen molar-refractivity contribution < 1.29 is 26.5 Å². The molecule has 3 aromatic rings. The highest BCUT2D eigenvalue weighted by atomic mass is 32.2. The van der Waals surface area contributed by atoms with Gasteiger partial charge in [-0.2, -0.15) is 8.42 Å². The topological polar surface area (TPSA) is 79.7 Å². The van der Waals surface area contributed by atoms with Gasteiger partial charge in [-0.05, 0) is 49.6 Å². The fourth-order valence-corrected chi connectivity index (χ4v) is 4.74. The smallest absolute Gasteiger partial charge is 0.297 e. The van der Waals surface area contributed by atoms with Crippen molar-refractivity contribution in [1.82, 2.24) is 9.55 Å². The Morgan fingerprint density at radius 1 is 1.18 bits per heavy atom. The molecule has 1 saturated heterocycles. The lowest BCUT2D eigenvalue weighted by Gasteiger charge is -2.28. The Hall–Kier alpha value is -2.59. The van der Waals surface area contributed by atoms with Crippen molar-refractivity contribution in [3.05, 3.63) is 84.2 Å². The molecule has 2 unspecified atom stereocenters. The van der Waals surface area contributed by atoms with Crippen molar-refractivity contribution in [3.8, 4) is 0 Å². The van der Waals surface area contributed by atoms with Gasteiger partial charge in [0.1, 0.15) is 11.9 Å². The van der Waals surface area contributed by atoms with Crippen LogP contribution in [0.1, 0.15) is 24.0 Å². The second-order valence-corrected chi connectivity index (χ2v) is 9.84. The van der Waals surface area contributed by atoms with Gasteiger partial charge in [0.15, 0.2) is 5.79 Å². The van der Waals surface area contributed by atoms with Gasteiger partial charge in [0.25, 0.3) is 10.1 Å². The van der Waals surface area contributed by atoms with E-state index < -0.39 is 22.0 Å². The van der Waals surface area contributed by atoms with Crippen molar-refractivity contribution in [2.45, 2.75) is 49.5 Å². The van der Waals surface area contributed by atoms with E-state index in [0.717, 1.165) is 24.0 Å². The number of hydrogen-bond donors (Lipinski definition) is 0. The number of ether oxygens (including phenoxy) is 2. The summed E-state index contributed by atoms with van der Waals surface area (Å²) in [6.07, 6.45) is 6.71. The van der Waals surface area contributed by atoms with Crippen molar-refractivity contribution in [2.75, 3.05) is 13.2 Å². The molecule has 1 aliphatic heterocycles. The molecule has 2 aromatic carbocycles. The summed E-state index contributed by atoms with van der Waals surface area (Å²) in [5.74, 6) is -1.19. The monoisotopic (exact) mass is 474 g/mol. The number of nitrogens with zero attached hydrogens (tertiary/aromatic N) is 2. The fourth-order valence-electron chi connectivity index (χ4n) is 3.80. The number of hydrogen-bond acceptors (Lipinski definition) is 6. The lowest BCUT2D eigenvalue weighted by molar-refractivity contribution is -0.185. The second-order valence-electron chi connectivity index (χ2n) is 8.23. The fraction of sp³-hybridized carbons (Fsp3) is 0.375. The van der Waals surface area contributed by atoms with Crippen LogP contribution in [0.25, 0.3) is 0 Å². The summed E-state index contributed by atoms with van der Waals surface area (Å²) in [6.45, 7) is 2.38. The van der Waals surface area contributed by atoms with Crippen LogP contribution < -0.4 is 0 Å². The number of rotatable bonds is 10. The predicted octanol–water partition coefficient (Wildman–Crippen LogP) is 3.87. The van der Waals surface area contributed by atoms with E-state index in [2.05, 4.69) is 4.98 Å². The number of aryl methyl sites for hydroxylation is 2. The highest BCUT2D eigenvalue weighted by Gasteiger charge is 2.42. The van der Waals surface area contributed by atoms with Gasteiger partial charge in [0.2, 0.25) is 0 Å². The SMILES string of the molecule is Cc1ccc(S(=O)(=O)OCC2COC(CCCc3ccc(F)cc3)(Cn3ccnc3)O2)cc1. The highest BCUT2D eigenvalue weighted by Crippen LogP contribution is 2.32. The minimum Gasteiger partial charge on any atom is -0.345 e. The Kier molecular flexibility index (Phi) is 7.23. The first-order chi connectivity index (χ1) is 15.8. The zero-order valence-corrected chi connectivity index (χ0v) is 19.2. The van der Waals surface area contributed by atoms with Gasteiger partial charge in [-0.25, -0.2) is 9.37 Å². The molecular formula is C24H27FN2O5S. The van der Waals surface area contributed by atoms with Crippen LogP contribution in [0, 0.1) is 12.7 Å². The third-order valence-electron chi connectivity index (χ3n) is 5.55. The molecule has 0 spiro atoms. The van der Waals surface area contributed by atoms with Crippen LogP contribution in [0.4, 0.5) is 4.39 Å². The molecule has 1 fully saturated rings. The maximum Gasteiger partial charge on any atom is 0.297 e. The molecule has 0 radical (unpaired) electrons. The van der Waals surface area contributed by atoms with Crippen LogP contribution in [0.2, 0.25) is 0 Å².